The molecule has 1 aromatic heterocycles. The van der Waals surface area contributed by atoms with Crippen molar-refractivity contribution >= 4 is 17.5 Å². The van der Waals surface area contributed by atoms with E-state index in [-0.39, 0.29) is 12.5 Å². The van der Waals surface area contributed by atoms with Crippen LogP contribution in [0.2, 0.25) is 0 Å². The minimum atomic E-state index is -0.0135. The molecule has 7 nitrogen and oxygen atoms in total. The third kappa shape index (κ3) is 3.07. The summed E-state index contributed by atoms with van der Waals surface area (Å²) in [5, 5.41) is 5.92. The Morgan fingerprint density at radius 2 is 2.17 bits per heavy atom. The molecule has 98 valence electrons. The summed E-state index contributed by atoms with van der Waals surface area (Å²) < 4.78 is 0. The maximum atomic E-state index is 11.6. The smallest absolute Gasteiger partial charge is 0.239 e. The number of hydrogen-bond acceptors (Lipinski definition) is 6. The van der Waals surface area contributed by atoms with Gasteiger partial charge in [0, 0.05) is 11.6 Å². The number of rotatable bonds is 6. The van der Waals surface area contributed by atoms with Crippen LogP contribution in [-0.2, 0) is 11.2 Å². The van der Waals surface area contributed by atoms with Crippen LogP contribution in [0.15, 0.2) is 6.33 Å². The van der Waals surface area contributed by atoms with Crippen molar-refractivity contribution < 1.29 is 4.79 Å². The first-order chi connectivity index (χ1) is 8.74. The van der Waals surface area contributed by atoms with Gasteiger partial charge in [-0.3, -0.25) is 4.79 Å². The molecule has 1 amide bonds. The van der Waals surface area contributed by atoms with E-state index in [0.29, 0.717) is 17.7 Å². The number of nitrogens with one attached hydrogen (secondary N) is 3. The van der Waals surface area contributed by atoms with Crippen molar-refractivity contribution in [2.75, 3.05) is 17.3 Å². The highest BCUT2D eigenvalue weighted by Crippen LogP contribution is 2.20. The molecule has 0 saturated heterocycles. The molecule has 5 N–H and O–H groups in total. The van der Waals surface area contributed by atoms with Crippen LogP contribution in [-0.4, -0.2) is 28.5 Å². The van der Waals surface area contributed by atoms with Gasteiger partial charge in [-0.1, -0.05) is 6.92 Å². The zero-order valence-electron chi connectivity index (χ0n) is 10.4. The fourth-order valence-corrected chi connectivity index (χ4v) is 1.69. The van der Waals surface area contributed by atoms with E-state index in [9.17, 15) is 4.79 Å². The SMILES string of the molecule is CCc1c(NN)ncnc1NCC(=O)NC1CC1. The normalized spacial score (nSPS) is 14.1. The van der Waals surface area contributed by atoms with Gasteiger partial charge in [-0.25, -0.2) is 15.8 Å². The highest BCUT2D eigenvalue weighted by molar-refractivity contribution is 5.81. The van der Waals surface area contributed by atoms with Crippen LogP contribution in [0.25, 0.3) is 0 Å². The molecule has 1 fully saturated rings. The number of aromatic nitrogens is 2. The molecule has 0 atom stereocenters. The largest absolute Gasteiger partial charge is 0.361 e. The summed E-state index contributed by atoms with van der Waals surface area (Å²) in [7, 11) is 0. The summed E-state index contributed by atoms with van der Waals surface area (Å²) in [6, 6.07) is 0.372. The lowest BCUT2D eigenvalue weighted by molar-refractivity contribution is -0.119. The second-order valence-electron chi connectivity index (χ2n) is 4.24. The fourth-order valence-electron chi connectivity index (χ4n) is 1.69. The average molecular weight is 250 g/mol. The first-order valence-corrected chi connectivity index (χ1v) is 6.08. The maximum Gasteiger partial charge on any atom is 0.239 e. The lowest BCUT2D eigenvalue weighted by Crippen LogP contribution is -2.31. The van der Waals surface area contributed by atoms with Gasteiger partial charge in [0.2, 0.25) is 5.91 Å². The number of anilines is 2. The zero-order valence-corrected chi connectivity index (χ0v) is 10.4. The van der Waals surface area contributed by atoms with Crippen LogP contribution >= 0.6 is 0 Å². The molecule has 0 spiro atoms. The topological polar surface area (TPSA) is 105 Å². The Balaban J connectivity index is 1.96. The van der Waals surface area contributed by atoms with Crippen molar-refractivity contribution in [3.63, 3.8) is 0 Å². The molecule has 18 heavy (non-hydrogen) atoms. The Morgan fingerprint density at radius 1 is 1.44 bits per heavy atom. The van der Waals surface area contributed by atoms with Crippen molar-refractivity contribution in [1.82, 2.24) is 15.3 Å². The third-order valence-corrected chi connectivity index (χ3v) is 2.79. The molecule has 1 aliphatic rings. The van der Waals surface area contributed by atoms with Gasteiger partial charge in [0.1, 0.15) is 18.0 Å². The second kappa shape index (κ2) is 5.63. The van der Waals surface area contributed by atoms with Gasteiger partial charge in [0.05, 0.1) is 6.54 Å². The quantitative estimate of drug-likeness (QED) is 0.419. The predicted molar refractivity (Wildman–Crippen MR) is 68.9 cm³/mol. The predicted octanol–water partition coefficient (Wildman–Crippen LogP) is 0.0151. The van der Waals surface area contributed by atoms with Crippen LogP contribution in [0.1, 0.15) is 25.3 Å². The summed E-state index contributed by atoms with van der Waals surface area (Å²) in [5.41, 5.74) is 3.40. The fraction of sp³-hybridized carbons (Fsp3) is 0.545. The van der Waals surface area contributed by atoms with Crippen molar-refractivity contribution in [2.24, 2.45) is 5.84 Å². The van der Waals surface area contributed by atoms with Gasteiger partial charge in [0.15, 0.2) is 0 Å². The summed E-state index contributed by atoms with van der Waals surface area (Å²) in [4.78, 5) is 19.7. The standard InChI is InChI=1S/C11H18N6O/c1-2-8-10(14-6-15-11(8)17-12)13-5-9(18)16-7-3-4-7/h6-7H,2-5,12H2,1H3,(H,16,18)(H2,13,14,15,17). The van der Waals surface area contributed by atoms with Crippen LogP contribution < -0.4 is 21.9 Å². The van der Waals surface area contributed by atoms with E-state index in [1.54, 1.807) is 0 Å². The van der Waals surface area contributed by atoms with Crippen LogP contribution in [0.3, 0.4) is 0 Å². The monoisotopic (exact) mass is 250 g/mol. The van der Waals surface area contributed by atoms with Crippen molar-refractivity contribution in [2.45, 2.75) is 32.2 Å². The Morgan fingerprint density at radius 3 is 2.78 bits per heavy atom. The number of hydrazine groups is 1. The van der Waals surface area contributed by atoms with Gasteiger partial charge in [-0.15, -0.1) is 0 Å². The molecule has 0 aromatic carbocycles. The van der Waals surface area contributed by atoms with E-state index in [1.165, 1.54) is 6.33 Å². The number of hydrogen-bond donors (Lipinski definition) is 4. The lowest BCUT2D eigenvalue weighted by Gasteiger charge is -2.12. The van der Waals surface area contributed by atoms with Crippen molar-refractivity contribution in [3.8, 4) is 0 Å². The molecule has 2 rings (SSSR count). The van der Waals surface area contributed by atoms with Crippen molar-refractivity contribution in [1.29, 1.82) is 0 Å². The van der Waals surface area contributed by atoms with E-state index in [4.69, 9.17) is 5.84 Å². The Kier molecular flexibility index (Phi) is 3.93. The van der Waals surface area contributed by atoms with Gasteiger partial charge in [-0.05, 0) is 19.3 Å². The van der Waals surface area contributed by atoms with Crippen LogP contribution in [0.5, 0.6) is 0 Å². The maximum absolute atomic E-state index is 11.6. The number of nitrogens with zero attached hydrogens (tertiary/aromatic N) is 2. The second-order valence-corrected chi connectivity index (χ2v) is 4.24. The van der Waals surface area contributed by atoms with E-state index in [1.807, 2.05) is 6.92 Å². The zero-order chi connectivity index (χ0) is 13.0. The highest BCUT2D eigenvalue weighted by atomic mass is 16.2. The number of nitrogens with two attached hydrogens (primary N) is 1. The first-order valence-electron chi connectivity index (χ1n) is 6.08. The molecular formula is C11H18N6O. The van der Waals surface area contributed by atoms with E-state index in [2.05, 4.69) is 26.0 Å². The Labute approximate surface area is 106 Å². The first kappa shape index (κ1) is 12.6. The Bertz CT molecular complexity index is 432. The van der Waals surface area contributed by atoms with E-state index in [0.717, 1.165) is 24.8 Å². The number of amides is 1. The summed E-state index contributed by atoms with van der Waals surface area (Å²) in [6.07, 6.45) is 4.31. The molecule has 0 aliphatic heterocycles. The van der Waals surface area contributed by atoms with Gasteiger partial charge in [0.25, 0.3) is 0 Å². The molecule has 7 heteroatoms. The number of nitrogen functional groups attached to an aromatic ring is 1. The number of carbonyl (C=O) groups excluding carboxylic acids is 1. The molecular weight excluding hydrogens is 232 g/mol. The van der Waals surface area contributed by atoms with E-state index < -0.39 is 0 Å². The molecule has 0 bridgehead atoms. The molecule has 0 radical (unpaired) electrons. The van der Waals surface area contributed by atoms with Crippen LogP contribution in [0, 0.1) is 0 Å². The molecule has 0 unspecified atom stereocenters. The Hall–Kier alpha value is -1.89. The van der Waals surface area contributed by atoms with Crippen molar-refractivity contribution in [3.05, 3.63) is 11.9 Å². The average Bonchev–Trinajstić information content (AvgIpc) is 3.19. The highest BCUT2D eigenvalue weighted by Gasteiger charge is 2.23. The van der Waals surface area contributed by atoms with Gasteiger partial charge in [-0.2, -0.15) is 0 Å². The van der Waals surface area contributed by atoms with Gasteiger partial charge < -0.3 is 16.1 Å². The summed E-state index contributed by atoms with van der Waals surface area (Å²) in [5.74, 6) is 6.59. The molecule has 1 aromatic rings. The van der Waals surface area contributed by atoms with Gasteiger partial charge >= 0.3 is 0 Å². The molecule has 1 saturated carbocycles. The minimum absolute atomic E-state index is 0.0135. The van der Waals surface area contributed by atoms with E-state index >= 15 is 0 Å². The summed E-state index contributed by atoms with van der Waals surface area (Å²) >= 11 is 0. The molecule has 1 heterocycles. The minimum Gasteiger partial charge on any atom is -0.361 e. The number of carbonyl (C=O) groups is 1. The lowest BCUT2D eigenvalue weighted by atomic mass is 10.2. The third-order valence-electron chi connectivity index (χ3n) is 2.79. The van der Waals surface area contributed by atoms with Crippen LogP contribution in [0.4, 0.5) is 11.6 Å². The summed E-state index contributed by atoms with van der Waals surface area (Å²) in [6.45, 7) is 2.19. The molecule has 1 aliphatic carbocycles.